The second-order valence-corrected chi connectivity index (χ2v) is 6.64. The molecule has 2 heterocycles. The van der Waals surface area contributed by atoms with Crippen LogP contribution in [0.2, 0.25) is 0 Å². The van der Waals surface area contributed by atoms with Gasteiger partial charge in [-0.15, -0.1) is 5.10 Å². The van der Waals surface area contributed by atoms with Crippen molar-refractivity contribution in [3.05, 3.63) is 17.8 Å². The molecule has 0 saturated heterocycles. The van der Waals surface area contributed by atoms with Crippen LogP contribution in [0.5, 0.6) is 0 Å². The van der Waals surface area contributed by atoms with Gasteiger partial charge in [0.2, 0.25) is 5.65 Å². The van der Waals surface area contributed by atoms with Crippen molar-refractivity contribution in [3.8, 4) is 0 Å². The monoisotopic (exact) mass is 327 g/mol. The molecule has 0 unspecified atom stereocenters. The number of carboxylic acid groups (broad SMARTS) is 1. The summed E-state index contributed by atoms with van der Waals surface area (Å²) in [5, 5.41) is 21.4. The summed E-state index contributed by atoms with van der Waals surface area (Å²) in [6, 6.07) is 1.62. The number of hydrogen-bond acceptors (Lipinski definition) is 7. The first-order chi connectivity index (χ1) is 10.2. The fourth-order valence-corrected chi connectivity index (χ4v) is 3.31. The molecule has 0 radical (unpaired) electrons. The van der Waals surface area contributed by atoms with Crippen molar-refractivity contribution >= 4 is 44.6 Å². The number of aliphatic carboxylic acids is 1. The number of hydrogen-bond donors (Lipinski definition) is 3. The van der Waals surface area contributed by atoms with Gasteiger partial charge in [0, 0.05) is 24.2 Å². The minimum absolute atomic E-state index is 0.146. The van der Waals surface area contributed by atoms with Crippen molar-refractivity contribution in [2.75, 3.05) is 18.1 Å². The first-order valence-corrected chi connectivity index (χ1v) is 8.56. The van der Waals surface area contributed by atoms with E-state index in [1.165, 1.54) is 27.8 Å². The molecule has 0 spiro atoms. The maximum atomic E-state index is 11.9. The molecule has 0 fully saturated rings. The van der Waals surface area contributed by atoms with E-state index in [2.05, 4.69) is 25.7 Å². The van der Waals surface area contributed by atoms with Gasteiger partial charge in [-0.05, 0) is 6.07 Å². The van der Waals surface area contributed by atoms with E-state index in [1.807, 2.05) is 0 Å². The molecule has 0 atom stereocenters. The van der Waals surface area contributed by atoms with E-state index < -0.39 is 5.97 Å². The van der Waals surface area contributed by atoms with Gasteiger partial charge in [-0.25, -0.2) is 4.98 Å². The number of H-pyrrole nitrogens is 1. The van der Waals surface area contributed by atoms with Crippen LogP contribution in [0.1, 0.15) is 16.8 Å². The largest absolute Gasteiger partial charge is 0.481 e. The van der Waals surface area contributed by atoms with Crippen LogP contribution in [0.4, 0.5) is 0 Å². The van der Waals surface area contributed by atoms with Gasteiger partial charge in [-0.2, -0.15) is 10.3 Å². The van der Waals surface area contributed by atoms with E-state index in [0.29, 0.717) is 34.8 Å². The number of pyridine rings is 1. The second kappa shape index (κ2) is 7.84. The molecule has 0 aliphatic heterocycles. The van der Waals surface area contributed by atoms with Gasteiger partial charge >= 0.3 is 5.97 Å². The summed E-state index contributed by atoms with van der Waals surface area (Å²) >= 11 is 0. The quantitative estimate of drug-likeness (QED) is 0.484. The number of carboxylic acids is 1. The van der Waals surface area contributed by atoms with Gasteiger partial charge in [0.15, 0.2) is 0 Å². The van der Waals surface area contributed by atoms with Crippen LogP contribution in [0.25, 0.3) is 11.2 Å². The highest BCUT2D eigenvalue weighted by Gasteiger charge is 2.08. The summed E-state index contributed by atoms with van der Waals surface area (Å²) < 4.78 is 0. The van der Waals surface area contributed by atoms with Gasteiger partial charge in [-0.3, -0.25) is 9.59 Å². The number of carbonyl (C=O) groups is 2. The highest BCUT2D eigenvalue weighted by Crippen LogP contribution is 2.20. The van der Waals surface area contributed by atoms with Crippen molar-refractivity contribution < 1.29 is 14.7 Å². The number of nitrogens with zero attached hydrogens (tertiary/aromatic N) is 3. The molecule has 8 nitrogen and oxygen atoms in total. The minimum atomic E-state index is -0.799. The van der Waals surface area contributed by atoms with E-state index in [0.717, 1.165) is 0 Å². The smallest absolute Gasteiger partial charge is 0.304 e. The van der Waals surface area contributed by atoms with E-state index in [9.17, 15) is 9.59 Å². The number of aromatic nitrogens is 4. The summed E-state index contributed by atoms with van der Waals surface area (Å²) in [7, 11) is 3.01. The first-order valence-electron chi connectivity index (χ1n) is 6.08. The Kier molecular flexibility index (Phi) is 5.81. The van der Waals surface area contributed by atoms with Crippen LogP contribution in [0.15, 0.2) is 12.3 Å². The highest BCUT2D eigenvalue weighted by molar-refractivity contribution is 8.76. The lowest BCUT2D eigenvalue weighted by atomic mass is 10.2. The molecule has 0 aliphatic rings. The lowest BCUT2D eigenvalue weighted by Crippen LogP contribution is -2.25. The Labute approximate surface area is 127 Å². The topological polar surface area (TPSA) is 121 Å². The Hall–Kier alpha value is -1.81. The van der Waals surface area contributed by atoms with Gasteiger partial charge in [-0.1, -0.05) is 21.6 Å². The molecule has 1 amide bonds. The average Bonchev–Trinajstić information content (AvgIpc) is 2.93. The Bertz CT molecular complexity index is 633. The van der Waals surface area contributed by atoms with Crippen LogP contribution in [-0.2, 0) is 4.79 Å². The molecular formula is C11H13N5O3S2. The Morgan fingerprint density at radius 1 is 1.29 bits per heavy atom. The van der Waals surface area contributed by atoms with Crippen molar-refractivity contribution in [1.29, 1.82) is 0 Å². The molecule has 0 saturated carbocycles. The Morgan fingerprint density at radius 2 is 2.10 bits per heavy atom. The maximum absolute atomic E-state index is 11.9. The molecule has 2 rings (SSSR count). The molecule has 0 bridgehead atoms. The predicted octanol–water partition coefficient (Wildman–Crippen LogP) is 0.939. The molecule has 21 heavy (non-hydrogen) atoms. The maximum Gasteiger partial charge on any atom is 0.304 e. The van der Waals surface area contributed by atoms with E-state index in [-0.39, 0.29) is 12.3 Å². The summed E-state index contributed by atoms with van der Waals surface area (Å²) in [6.45, 7) is 0.500. The predicted molar refractivity (Wildman–Crippen MR) is 81.2 cm³/mol. The van der Waals surface area contributed by atoms with Crippen LogP contribution in [0, 0.1) is 0 Å². The van der Waals surface area contributed by atoms with Gasteiger partial charge in [0.25, 0.3) is 5.91 Å². The Morgan fingerprint density at radius 3 is 2.90 bits per heavy atom. The third-order valence-corrected chi connectivity index (χ3v) is 4.80. The zero-order valence-corrected chi connectivity index (χ0v) is 12.5. The number of rotatable bonds is 8. The third kappa shape index (κ3) is 4.90. The van der Waals surface area contributed by atoms with Crippen LogP contribution in [0.3, 0.4) is 0 Å². The fourth-order valence-electron chi connectivity index (χ4n) is 1.42. The minimum Gasteiger partial charge on any atom is -0.481 e. The van der Waals surface area contributed by atoms with E-state index >= 15 is 0 Å². The number of amides is 1. The molecule has 10 heteroatoms. The van der Waals surface area contributed by atoms with E-state index in [4.69, 9.17) is 5.11 Å². The summed E-state index contributed by atoms with van der Waals surface area (Å²) in [5.74, 6) is 0.242. The summed E-state index contributed by atoms with van der Waals surface area (Å²) in [4.78, 5) is 26.2. The zero-order valence-electron chi connectivity index (χ0n) is 10.9. The van der Waals surface area contributed by atoms with Crippen molar-refractivity contribution in [1.82, 2.24) is 25.7 Å². The van der Waals surface area contributed by atoms with Crippen molar-refractivity contribution in [2.45, 2.75) is 6.42 Å². The molecule has 0 aliphatic carbocycles. The SMILES string of the molecule is O=C(O)CCSSCCNC(=O)c1cnc2n[nH]nc2c1. The number of aromatic amines is 1. The van der Waals surface area contributed by atoms with Crippen LogP contribution in [-0.4, -0.2) is 55.4 Å². The lowest BCUT2D eigenvalue weighted by molar-refractivity contribution is -0.136. The van der Waals surface area contributed by atoms with Crippen molar-refractivity contribution in [3.63, 3.8) is 0 Å². The molecule has 2 aromatic rings. The van der Waals surface area contributed by atoms with Crippen LogP contribution >= 0.6 is 21.6 Å². The number of fused-ring (bicyclic) bond motifs is 1. The fraction of sp³-hybridized carbons (Fsp3) is 0.364. The molecular weight excluding hydrogens is 314 g/mol. The molecule has 0 aromatic carbocycles. The summed E-state index contributed by atoms with van der Waals surface area (Å²) in [5.41, 5.74) is 1.44. The Balaban J connectivity index is 1.68. The summed E-state index contributed by atoms with van der Waals surface area (Å²) in [6.07, 6.45) is 1.60. The lowest BCUT2D eigenvalue weighted by Gasteiger charge is -2.04. The third-order valence-electron chi connectivity index (χ3n) is 2.39. The van der Waals surface area contributed by atoms with Gasteiger partial charge in [0.05, 0.1) is 12.0 Å². The van der Waals surface area contributed by atoms with E-state index in [1.54, 1.807) is 6.07 Å². The normalized spacial score (nSPS) is 10.7. The standard InChI is InChI=1S/C11H13N5O3S2/c17-9(18)1-3-20-21-4-2-12-11(19)7-5-8-10(13-6-7)15-16-14-8/h5-6H,1-4H2,(H,12,19)(H,17,18)(H,13,14,15,16). The number of nitrogens with one attached hydrogen (secondary N) is 2. The second-order valence-electron chi connectivity index (χ2n) is 3.93. The van der Waals surface area contributed by atoms with Crippen molar-refractivity contribution in [2.24, 2.45) is 0 Å². The highest BCUT2D eigenvalue weighted by atomic mass is 33.1. The van der Waals surface area contributed by atoms with Gasteiger partial charge in [0.1, 0.15) is 5.52 Å². The molecule has 112 valence electrons. The zero-order chi connectivity index (χ0) is 15.1. The first kappa shape index (κ1) is 15.6. The number of carbonyl (C=O) groups excluding carboxylic acids is 1. The molecule has 3 N–H and O–H groups in total. The van der Waals surface area contributed by atoms with Crippen LogP contribution < -0.4 is 5.32 Å². The van der Waals surface area contributed by atoms with Gasteiger partial charge < -0.3 is 10.4 Å². The molecule has 2 aromatic heterocycles. The average molecular weight is 327 g/mol.